The Kier molecular flexibility index (Phi) is 6.32. The van der Waals surface area contributed by atoms with Gasteiger partial charge >= 0.3 is 5.97 Å². The van der Waals surface area contributed by atoms with Crippen molar-refractivity contribution < 1.29 is 23.9 Å². The van der Waals surface area contributed by atoms with Gasteiger partial charge in [-0.3, -0.25) is 24.1 Å². The maximum atomic E-state index is 12.3. The maximum absolute atomic E-state index is 12.3. The first kappa shape index (κ1) is 19.5. The Bertz CT molecular complexity index is 874. The van der Waals surface area contributed by atoms with E-state index in [1.54, 1.807) is 12.1 Å². The van der Waals surface area contributed by atoms with Gasteiger partial charge in [-0.05, 0) is 17.5 Å². The lowest BCUT2D eigenvalue weighted by atomic mass is 10.0. The lowest BCUT2D eigenvalue weighted by Gasteiger charge is -2.13. The van der Waals surface area contributed by atoms with Gasteiger partial charge in [0.25, 0.3) is 5.91 Å². The number of likely N-dealkylation sites (tertiary alicyclic amines) is 1. The summed E-state index contributed by atoms with van der Waals surface area (Å²) in [7, 11) is 0. The third-order valence-electron chi connectivity index (χ3n) is 4.60. The van der Waals surface area contributed by atoms with Gasteiger partial charge in [-0.2, -0.15) is 0 Å². The van der Waals surface area contributed by atoms with Crippen LogP contribution in [0.3, 0.4) is 0 Å². The molecule has 28 heavy (non-hydrogen) atoms. The summed E-state index contributed by atoms with van der Waals surface area (Å²) in [5.74, 6) is -1.55. The molecule has 0 bridgehead atoms. The van der Waals surface area contributed by atoms with Crippen LogP contribution >= 0.6 is 0 Å². The van der Waals surface area contributed by atoms with Crippen LogP contribution in [-0.4, -0.2) is 41.6 Å². The minimum Gasteiger partial charge on any atom is -0.456 e. The molecule has 1 fully saturated rings. The van der Waals surface area contributed by atoms with Crippen LogP contribution in [0.15, 0.2) is 54.6 Å². The molecule has 0 N–H and O–H groups in total. The molecule has 0 saturated carbocycles. The standard InChI is InChI=1S/C22H21NO5/c24-19(18-10-8-17(9-11-18)16-5-2-1-3-6-16)12-13-22(27)28-15-21(26)23-14-4-7-20(23)25/h1-3,5-6,8-11H,4,7,12-15H2. The van der Waals surface area contributed by atoms with Crippen LogP contribution < -0.4 is 0 Å². The van der Waals surface area contributed by atoms with Gasteiger partial charge in [0.15, 0.2) is 12.4 Å². The number of rotatable bonds is 7. The maximum Gasteiger partial charge on any atom is 0.306 e. The first-order valence-electron chi connectivity index (χ1n) is 9.22. The Hall–Kier alpha value is -3.28. The zero-order valence-corrected chi connectivity index (χ0v) is 15.4. The molecule has 0 atom stereocenters. The SMILES string of the molecule is O=C(CCC(=O)c1ccc(-c2ccccc2)cc1)OCC(=O)N1CCCC1=O. The quantitative estimate of drug-likeness (QED) is 0.546. The van der Waals surface area contributed by atoms with Crippen molar-refractivity contribution in [3.8, 4) is 11.1 Å². The van der Waals surface area contributed by atoms with E-state index in [9.17, 15) is 19.2 Å². The van der Waals surface area contributed by atoms with E-state index in [0.29, 0.717) is 24.9 Å². The number of nitrogens with zero attached hydrogens (tertiary/aromatic N) is 1. The number of Topliss-reactive ketones (excluding diaryl/α,β-unsaturated/α-hetero) is 1. The number of amides is 2. The Morgan fingerprint density at radius 2 is 1.57 bits per heavy atom. The van der Waals surface area contributed by atoms with E-state index < -0.39 is 18.5 Å². The van der Waals surface area contributed by atoms with Gasteiger partial charge < -0.3 is 4.74 Å². The van der Waals surface area contributed by atoms with Gasteiger partial charge in [-0.25, -0.2) is 0 Å². The Balaban J connectivity index is 1.45. The summed E-state index contributed by atoms with van der Waals surface area (Å²) in [6, 6.07) is 17.0. The molecule has 2 aromatic carbocycles. The molecule has 6 nitrogen and oxygen atoms in total. The summed E-state index contributed by atoms with van der Waals surface area (Å²) >= 11 is 0. The summed E-state index contributed by atoms with van der Waals surface area (Å²) in [5.41, 5.74) is 2.59. The van der Waals surface area contributed by atoms with Crippen molar-refractivity contribution in [1.29, 1.82) is 0 Å². The third-order valence-corrected chi connectivity index (χ3v) is 4.60. The Morgan fingerprint density at radius 3 is 2.21 bits per heavy atom. The molecule has 3 rings (SSSR count). The highest BCUT2D eigenvalue weighted by Crippen LogP contribution is 2.20. The number of hydrogen-bond acceptors (Lipinski definition) is 5. The fourth-order valence-electron chi connectivity index (χ4n) is 3.04. The average Bonchev–Trinajstić information content (AvgIpc) is 3.17. The van der Waals surface area contributed by atoms with Crippen LogP contribution in [0.4, 0.5) is 0 Å². The highest BCUT2D eigenvalue weighted by atomic mass is 16.5. The summed E-state index contributed by atoms with van der Waals surface area (Å²) in [4.78, 5) is 48.4. The molecule has 144 valence electrons. The summed E-state index contributed by atoms with van der Waals surface area (Å²) in [5, 5.41) is 0. The molecule has 1 aliphatic heterocycles. The summed E-state index contributed by atoms with van der Waals surface area (Å²) in [6.07, 6.45) is 0.869. The highest BCUT2D eigenvalue weighted by molar-refractivity contribution is 5.99. The van der Waals surface area contributed by atoms with Gasteiger partial charge in [-0.15, -0.1) is 0 Å². The minimum absolute atomic E-state index is 0.000350. The van der Waals surface area contributed by atoms with Crippen LogP contribution in [-0.2, 0) is 19.1 Å². The smallest absolute Gasteiger partial charge is 0.306 e. The predicted molar refractivity (Wildman–Crippen MR) is 102 cm³/mol. The average molecular weight is 379 g/mol. The van der Waals surface area contributed by atoms with Crippen LogP contribution in [0.5, 0.6) is 0 Å². The second kappa shape index (κ2) is 9.08. The molecular weight excluding hydrogens is 358 g/mol. The van der Waals surface area contributed by atoms with Gasteiger partial charge in [0, 0.05) is 24.9 Å². The number of hydrogen-bond donors (Lipinski definition) is 0. The van der Waals surface area contributed by atoms with E-state index in [4.69, 9.17) is 4.74 Å². The van der Waals surface area contributed by atoms with Crippen LogP contribution in [0.2, 0.25) is 0 Å². The Labute approximate surface area is 163 Å². The van der Waals surface area contributed by atoms with E-state index in [2.05, 4.69) is 0 Å². The lowest BCUT2D eigenvalue weighted by molar-refractivity contribution is -0.154. The summed E-state index contributed by atoms with van der Waals surface area (Å²) in [6.45, 7) is -0.1000. The second-order valence-electron chi connectivity index (χ2n) is 6.57. The van der Waals surface area contributed by atoms with Crippen molar-refractivity contribution in [3.63, 3.8) is 0 Å². The van der Waals surface area contributed by atoms with E-state index in [1.165, 1.54) is 0 Å². The molecule has 2 aromatic rings. The second-order valence-corrected chi connectivity index (χ2v) is 6.57. The van der Waals surface area contributed by atoms with Crippen molar-refractivity contribution in [2.75, 3.05) is 13.2 Å². The van der Waals surface area contributed by atoms with Crippen molar-refractivity contribution >= 4 is 23.6 Å². The van der Waals surface area contributed by atoms with Crippen molar-refractivity contribution in [2.45, 2.75) is 25.7 Å². The zero-order valence-electron chi connectivity index (χ0n) is 15.4. The molecule has 0 aromatic heterocycles. The van der Waals surface area contributed by atoms with E-state index in [-0.39, 0.29) is 24.5 Å². The first-order valence-corrected chi connectivity index (χ1v) is 9.22. The van der Waals surface area contributed by atoms with Gasteiger partial charge in [0.2, 0.25) is 5.91 Å². The monoisotopic (exact) mass is 379 g/mol. The molecule has 1 saturated heterocycles. The number of carbonyl (C=O) groups excluding carboxylic acids is 4. The molecule has 0 spiro atoms. The van der Waals surface area contributed by atoms with Crippen LogP contribution in [0, 0.1) is 0 Å². The Morgan fingerprint density at radius 1 is 0.893 bits per heavy atom. The fraction of sp³-hybridized carbons (Fsp3) is 0.273. The number of carbonyl (C=O) groups is 4. The number of esters is 1. The highest BCUT2D eigenvalue weighted by Gasteiger charge is 2.27. The van der Waals surface area contributed by atoms with Crippen molar-refractivity contribution in [1.82, 2.24) is 4.90 Å². The third kappa shape index (κ3) is 4.91. The lowest BCUT2D eigenvalue weighted by Crippen LogP contribution is -2.35. The number of ketones is 1. The molecular formula is C22H21NO5. The molecule has 0 aliphatic carbocycles. The fourth-order valence-corrected chi connectivity index (χ4v) is 3.04. The van der Waals surface area contributed by atoms with Gasteiger partial charge in [0.05, 0.1) is 6.42 Å². The number of benzene rings is 2. The number of imide groups is 1. The molecule has 1 heterocycles. The molecule has 6 heteroatoms. The molecule has 1 aliphatic rings. The predicted octanol–water partition coefficient (Wildman–Crippen LogP) is 3.01. The number of ether oxygens (including phenoxy) is 1. The molecule has 0 unspecified atom stereocenters. The van der Waals surface area contributed by atoms with E-state index >= 15 is 0 Å². The van der Waals surface area contributed by atoms with Gasteiger partial charge in [0.1, 0.15) is 0 Å². The van der Waals surface area contributed by atoms with Gasteiger partial charge in [-0.1, -0.05) is 54.6 Å². The summed E-state index contributed by atoms with van der Waals surface area (Å²) < 4.78 is 4.89. The normalized spacial score (nSPS) is 13.4. The van der Waals surface area contributed by atoms with E-state index in [1.807, 2.05) is 42.5 Å². The topological polar surface area (TPSA) is 80.8 Å². The zero-order chi connectivity index (χ0) is 19.9. The van der Waals surface area contributed by atoms with Crippen molar-refractivity contribution in [3.05, 3.63) is 60.2 Å². The molecule has 2 amide bonds. The first-order chi connectivity index (χ1) is 13.5. The minimum atomic E-state index is -0.630. The largest absolute Gasteiger partial charge is 0.456 e. The van der Waals surface area contributed by atoms with Crippen LogP contribution in [0.1, 0.15) is 36.0 Å². The molecule has 0 radical (unpaired) electrons. The van der Waals surface area contributed by atoms with Crippen molar-refractivity contribution in [2.24, 2.45) is 0 Å². The van der Waals surface area contributed by atoms with E-state index in [0.717, 1.165) is 16.0 Å². The van der Waals surface area contributed by atoms with Crippen LogP contribution in [0.25, 0.3) is 11.1 Å².